The average molecular weight is 941 g/mol. The predicted molar refractivity (Wildman–Crippen MR) is 297 cm³/mol. The fourth-order valence-electron chi connectivity index (χ4n) is 11.4. The Hall–Kier alpha value is -6.80. The van der Waals surface area contributed by atoms with Crippen LogP contribution in [0.5, 0.6) is 0 Å². The molecule has 0 atom stereocenters. The van der Waals surface area contributed by atoms with Crippen molar-refractivity contribution in [3.8, 4) is 22.3 Å². The summed E-state index contributed by atoms with van der Waals surface area (Å²) in [6.45, 7) is 0. The maximum Gasteiger partial charge on any atom is 0.0601 e. The monoisotopic (exact) mass is 940 g/mol. The van der Waals surface area contributed by atoms with Crippen LogP contribution in [0.25, 0.3) is 80.1 Å². The second-order valence-electron chi connectivity index (χ2n) is 18.1. The van der Waals surface area contributed by atoms with Gasteiger partial charge < -0.3 is 9.80 Å². The summed E-state index contributed by atoms with van der Waals surface area (Å²) < 4.78 is 4.02. The number of rotatable bonds is 4. The van der Waals surface area contributed by atoms with Gasteiger partial charge in [0, 0.05) is 82.9 Å². The molecule has 2 nitrogen and oxygen atoms in total. The van der Waals surface area contributed by atoms with Gasteiger partial charge in [-0.25, -0.2) is 0 Å². The predicted octanol–water partition coefficient (Wildman–Crippen LogP) is 19.6. The van der Waals surface area contributed by atoms with Gasteiger partial charge in [0.15, 0.2) is 0 Å². The lowest BCUT2D eigenvalue weighted by molar-refractivity contribution is 0.904. The molecule has 0 spiro atoms. The van der Waals surface area contributed by atoms with E-state index in [1.165, 1.54) is 133 Å². The van der Waals surface area contributed by atoms with Gasteiger partial charge >= 0.3 is 0 Å². The molecule has 2 aliphatic carbocycles. The zero-order valence-electron chi connectivity index (χ0n) is 36.8. The number of thiophene rings is 2. The van der Waals surface area contributed by atoms with E-state index in [4.69, 9.17) is 0 Å². The van der Waals surface area contributed by atoms with E-state index in [0.29, 0.717) is 0 Å². The largest absolute Gasteiger partial charge is 0.312 e. The molecule has 15 rings (SSSR count). The maximum atomic E-state index is 2.57. The number of hydrogen-bond donors (Lipinski definition) is 0. The molecule has 2 aromatic heterocycles. The Labute approximate surface area is 411 Å². The molecule has 0 fully saturated rings. The van der Waals surface area contributed by atoms with Gasteiger partial charge in [-0.15, -0.1) is 22.7 Å². The van der Waals surface area contributed by atoms with Crippen molar-refractivity contribution in [2.45, 2.75) is 40.4 Å². The minimum absolute atomic E-state index is 1.01. The molecule has 4 aliphatic rings. The van der Waals surface area contributed by atoms with Crippen LogP contribution in [0, 0.1) is 0 Å². The molecule has 0 unspecified atom stereocenters. The van der Waals surface area contributed by atoms with Gasteiger partial charge in [-0.2, -0.15) is 0 Å². The number of aryl methyl sites for hydroxylation is 1. The highest BCUT2D eigenvalue weighted by Gasteiger charge is 2.30. The van der Waals surface area contributed by atoms with Crippen molar-refractivity contribution in [3.05, 3.63) is 209 Å². The third-order valence-electron chi connectivity index (χ3n) is 14.3. The van der Waals surface area contributed by atoms with E-state index < -0.39 is 0 Å². The van der Waals surface area contributed by atoms with Gasteiger partial charge in [0.1, 0.15) is 0 Å². The first-order valence-corrected chi connectivity index (χ1v) is 26.8. The van der Waals surface area contributed by atoms with Crippen molar-refractivity contribution in [2.24, 2.45) is 0 Å². The molecule has 68 heavy (non-hydrogen) atoms. The summed E-state index contributed by atoms with van der Waals surface area (Å²) in [6, 6.07) is 64.5. The Morgan fingerprint density at radius 1 is 0.397 bits per heavy atom. The van der Waals surface area contributed by atoms with Gasteiger partial charge in [0.2, 0.25) is 0 Å². The quantitative estimate of drug-likeness (QED) is 0.162. The van der Waals surface area contributed by atoms with Crippen LogP contribution in [0.1, 0.15) is 29.7 Å². The van der Waals surface area contributed by atoms with Crippen LogP contribution in [0.4, 0.5) is 28.4 Å². The SMILES string of the molecule is C1=CC2=C(CC1)N(c1ccc3c(-c4cccc5c6c(sc45)CCC=C6)c4cc(N5c6ccccc6Sc6ccccc65)ccc4c(-c4cccc5c4sc4ccccc45)c3c1)c1ccccc1S2. The fourth-order valence-corrected chi connectivity index (χ4v) is 16.1. The van der Waals surface area contributed by atoms with Crippen LogP contribution in [0.2, 0.25) is 0 Å². The molecule has 322 valence electrons. The molecular formula is C62H40N2S4. The summed E-state index contributed by atoms with van der Waals surface area (Å²) in [5.74, 6) is 0. The normalized spacial score (nSPS) is 15.1. The van der Waals surface area contributed by atoms with Crippen LogP contribution in [-0.2, 0) is 6.42 Å². The van der Waals surface area contributed by atoms with E-state index in [1.807, 2.05) is 46.2 Å². The van der Waals surface area contributed by atoms with Crippen LogP contribution in [0.15, 0.2) is 213 Å². The van der Waals surface area contributed by atoms with Crippen molar-refractivity contribution in [1.82, 2.24) is 0 Å². The second-order valence-corrected chi connectivity index (χ2v) is 22.4. The maximum absolute atomic E-state index is 2.57. The number of nitrogens with zero attached hydrogens (tertiary/aromatic N) is 2. The highest BCUT2D eigenvalue weighted by atomic mass is 32.2. The molecule has 4 heterocycles. The topological polar surface area (TPSA) is 6.48 Å². The van der Waals surface area contributed by atoms with Crippen molar-refractivity contribution < 1.29 is 0 Å². The summed E-state index contributed by atoms with van der Waals surface area (Å²) in [7, 11) is 0. The molecular weight excluding hydrogens is 901 g/mol. The van der Waals surface area contributed by atoms with Gasteiger partial charge in [-0.3, -0.25) is 0 Å². The molecule has 0 bridgehead atoms. The molecule has 6 heteroatoms. The van der Waals surface area contributed by atoms with Crippen molar-refractivity contribution in [1.29, 1.82) is 0 Å². The Bertz CT molecular complexity index is 4030. The number of thioether (sulfide) groups is 1. The highest BCUT2D eigenvalue weighted by Crippen LogP contribution is 2.56. The average Bonchev–Trinajstić information content (AvgIpc) is 3.98. The first-order valence-electron chi connectivity index (χ1n) is 23.5. The summed E-state index contributed by atoms with van der Waals surface area (Å²) in [6.07, 6.45) is 13.6. The van der Waals surface area contributed by atoms with E-state index >= 15 is 0 Å². The van der Waals surface area contributed by atoms with Gasteiger partial charge in [-0.1, -0.05) is 151 Å². The molecule has 2 aliphatic heterocycles. The molecule has 0 amide bonds. The van der Waals surface area contributed by atoms with E-state index in [9.17, 15) is 0 Å². The number of para-hydroxylation sites is 3. The van der Waals surface area contributed by atoms with Gasteiger partial charge in [0.25, 0.3) is 0 Å². The zero-order valence-corrected chi connectivity index (χ0v) is 40.1. The Kier molecular flexibility index (Phi) is 8.86. The molecule has 11 aromatic rings. The second kappa shape index (κ2) is 15.4. The lowest BCUT2D eigenvalue weighted by Crippen LogP contribution is -2.22. The van der Waals surface area contributed by atoms with Crippen LogP contribution < -0.4 is 9.80 Å². The van der Waals surface area contributed by atoms with Crippen molar-refractivity contribution in [2.75, 3.05) is 9.80 Å². The summed E-state index contributed by atoms with van der Waals surface area (Å²) in [5, 5.41) is 9.06. The van der Waals surface area contributed by atoms with E-state index in [0.717, 1.165) is 31.4 Å². The third kappa shape index (κ3) is 5.85. The Morgan fingerprint density at radius 2 is 0.956 bits per heavy atom. The van der Waals surface area contributed by atoms with E-state index in [2.05, 4.69) is 204 Å². The van der Waals surface area contributed by atoms with Crippen LogP contribution >= 0.6 is 46.2 Å². The first-order chi connectivity index (χ1) is 33.7. The smallest absolute Gasteiger partial charge is 0.0601 e. The number of anilines is 5. The number of allylic oxidation sites excluding steroid dienone is 4. The van der Waals surface area contributed by atoms with E-state index in [-0.39, 0.29) is 0 Å². The molecule has 0 radical (unpaired) electrons. The van der Waals surface area contributed by atoms with E-state index in [1.54, 1.807) is 0 Å². The first kappa shape index (κ1) is 39.2. The summed E-state index contributed by atoms with van der Waals surface area (Å²) in [4.78, 5) is 11.7. The molecule has 0 saturated heterocycles. The minimum Gasteiger partial charge on any atom is -0.312 e. The lowest BCUT2D eigenvalue weighted by Gasteiger charge is -2.36. The number of hydrogen-bond acceptors (Lipinski definition) is 6. The highest BCUT2D eigenvalue weighted by molar-refractivity contribution is 8.03. The number of benzene rings is 9. The zero-order chi connectivity index (χ0) is 44.5. The summed E-state index contributed by atoms with van der Waals surface area (Å²) >= 11 is 7.69. The fraction of sp³-hybridized carbons (Fsp3) is 0.0645. The minimum atomic E-state index is 1.01. The molecule has 9 aromatic carbocycles. The van der Waals surface area contributed by atoms with Gasteiger partial charge in [-0.05, 0) is 131 Å². The number of fused-ring (bicyclic) bond motifs is 11. The Morgan fingerprint density at radius 3 is 1.68 bits per heavy atom. The lowest BCUT2D eigenvalue weighted by atomic mass is 9.84. The summed E-state index contributed by atoms with van der Waals surface area (Å²) in [5.41, 5.74) is 14.0. The Balaban J connectivity index is 1.10. The van der Waals surface area contributed by atoms with Gasteiger partial charge in [0.05, 0.1) is 17.1 Å². The van der Waals surface area contributed by atoms with Crippen LogP contribution in [-0.4, -0.2) is 0 Å². The molecule has 0 saturated carbocycles. The molecule has 0 N–H and O–H groups in total. The third-order valence-corrected chi connectivity index (χ3v) is 19.1. The van der Waals surface area contributed by atoms with Crippen molar-refractivity contribution >= 4 is 133 Å². The van der Waals surface area contributed by atoms with Crippen LogP contribution in [0.3, 0.4) is 0 Å². The standard InChI is InChI=1S/C62H40N2S4/c1-7-25-53-39(15-1)43-17-13-19-45(61(43)67-53)59-41-33-31-38(64-51-23-5-11-29-57(51)66-58-30-12-6-24-52(58)64)36-48(41)60(46-20-14-18-44-40-16-2-8-26-54(40)68-62(44)46)42-34-32-37(35-47(42)59)63-49-21-3-9-27-55(49)65-56-28-10-4-22-50(56)63/h1-5,8-23,26-36H,6-7,24-25H2. The van der Waals surface area contributed by atoms with Crippen molar-refractivity contribution in [3.63, 3.8) is 0 Å².